The van der Waals surface area contributed by atoms with Crippen molar-refractivity contribution in [2.24, 2.45) is 0 Å². The summed E-state index contributed by atoms with van der Waals surface area (Å²) in [5.74, 6) is 0.0297. The van der Waals surface area contributed by atoms with E-state index in [0.29, 0.717) is 18.9 Å². The largest absolute Gasteiger partial charge is 0.343 e. The highest BCUT2D eigenvalue weighted by molar-refractivity contribution is 5.96. The second-order valence-electron chi connectivity index (χ2n) is 3.30. The summed E-state index contributed by atoms with van der Waals surface area (Å²) in [4.78, 5) is 26.4. The number of carbonyl (C=O) groups is 2. The van der Waals surface area contributed by atoms with Crippen LogP contribution in [0.5, 0.6) is 0 Å². The monoisotopic (exact) mass is 241 g/mol. The van der Waals surface area contributed by atoms with Gasteiger partial charge in [-0.05, 0) is 13.8 Å². The molecule has 8 heteroatoms. The third-order valence-electron chi connectivity index (χ3n) is 1.94. The Morgan fingerprint density at radius 2 is 2.29 bits per heavy atom. The maximum atomic E-state index is 11.5. The summed E-state index contributed by atoms with van der Waals surface area (Å²) >= 11 is 0. The lowest BCUT2D eigenvalue weighted by Crippen LogP contribution is -2.47. The van der Waals surface area contributed by atoms with Gasteiger partial charge in [0.25, 0.3) is 0 Å². The average Bonchev–Trinajstić information content (AvgIpc) is 2.78. The normalized spacial score (nSPS) is 11.9. The van der Waals surface area contributed by atoms with E-state index in [9.17, 15) is 9.59 Å². The van der Waals surface area contributed by atoms with Gasteiger partial charge in [-0.15, -0.1) is 0 Å². The summed E-state index contributed by atoms with van der Waals surface area (Å²) in [6.45, 7) is 4.15. The fraction of sp³-hybridized carbons (Fsp3) is 0.556. The Bertz CT molecular complexity index is 365. The maximum Gasteiger partial charge on any atom is 0.321 e. The van der Waals surface area contributed by atoms with Crippen LogP contribution in [0.15, 0.2) is 10.9 Å². The molecule has 1 aromatic rings. The molecule has 0 bridgehead atoms. The molecular formula is C9H15N5O3. The summed E-state index contributed by atoms with van der Waals surface area (Å²) in [7, 11) is 0. The fourth-order valence-corrected chi connectivity index (χ4v) is 1.03. The van der Waals surface area contributed by atoms with Gasteiger partial charge in [-0.2, -0.15) is 4.98 Å². The number of hydrogen-bond donors (Lipinski definition) is 3. The summed E-state index contributed by atoms with van der Waals surface area (Å²) < 4.78 is 4.54. The van der Waals surface area contributed by atoms with E-state index in [1.807, 2.05) is 0 Å². The van der Waals surface area contributed by atoms with Gasteiger partial charge in [-0.3, -0.25) is 15.4 Å². The molecule has 1 rings (SSSR count). The van der Waals surface area contributed by atoms with Gasteiger partial charge in [-0.25, -0.2) is 4.79 Å². The topological polar surface area (TPSA) is 109 Å². The van der Waals surface area contributed by atoms with Gasteiger partial charge in [0.1, 0.15) is 0 Å². The number of nitrogens with zero attached hydrogens (tertiary/aromatic N) is 2. The molecule has 0 aliphatic rings. The summed E-state index contributed by atoms with van der Waals surface area (Å²) in [6, 6.07) is -1.04. The molecule has 0 aliphatic carbocycles. The zero-order chi connectivity index (χ0) is 12.7. The van der Waals surface area contributed by atoms with Crippen LogP contribution in [0.4, 0.5) is 4.79 Å². The molecule has 0 saturated heterocycles. The van der Waals surface area contributed by atoms with Crippen molar-refractivity contribution < 1.29 is 14.1 Å². The highest BCUT2D eigenvalue weighted by Crippen LogP contribution is 1.89. The van der Waals surface area contributed by atoms with Crippen molar-refractivity contribution in [3.8, 4) is 0 Å². The van der Waals surface area contributed by atoms with E-state index >= 15 is 0 Å². The molecular weight excluding hydrogens is 226 g/mol. The van der Waals surface area contributed by atoms with Crippen LogP contribution < -0.4 is 16.0 Å². The molecule has 1 heterocycles. The second-order valence-corrected chi connectivity index (χ2v) is 3.30. The SMILES string of the molecule is CCNC(=O)NC(=O)C(C)NCc1ncon1. The van der Waals surface area contributed by atoms with Gasteiger partial charge < -0.3 is 9.84 Å². The molecule has 8 nitrogen and oxygen atoms in total. The number of aromatic nitrogens is 2. The van der Waals surface area contributed by atoms with Gasteiger partial charge in [0.15, 0.2) is 5.82 Å². The predicted octanol–water partition coefficient (Wildman–Crippen LogP) is -0.607. The zero-order valence-corrected chi connectivity index (χ0v) is 9.69. The molecule has 0 radical (unpaired) electrons. The van der Waals surface area contributed by atoms with Gasteiger partial charge in [0, 0.05) is 6.54 Å². The van der Waals surface area contributed by atoms with E-state index in [0.717, 1.165) is 0 Å². The van der Waals surface area contributed by atoms with E-state index in [1.54, 1.807) is 13.8 Å². The van der Waals surface area contributed by atoms with Crippen molar-refractivity contribution in [1.82, 2.24) is 26.1 Å². The second kappa shape index (κ2) is 6.59. The van der Waals surface area contributed by atoms with Crippen LogP contribution >= 0.6 is 0 Å². The Kier molecular flexibility index (Phi) is 5.08. The molecule has 3 amide bonds. The fourth-order valence-electron chi connectivity index (χ4n) is 1.03. The highest BCUT2D eigenvalue weighted by Gasteiger charge is 2.15. The number of imide groups is 1. The smallest absolute Gasteiger partial charge is 0.321 e. The summed E-state index contributed by atoms with van der Waals surface area (Å²) in [5, 5.41) is 11.1. The summed E-state index contributed by atoms with van der Waals surface area (Å²) in [6.07, 6.45) is 1.20. The molecule has 1 atom stereocenters. The lowest BCUT2D eigenvalue weighted by molar-refractivity contribution is -0.121. The van der Waals surface area contributed by atoms with Crippen molar-refractivity contribution in [3.05, 3.63) is 12.2 Å². The minimum Gasteiger partial charge on any atom is -0.343 e. The number of rotatable bonds is 5. The predicted molar refractivity (Wildman–Crippen MR) is 57.8 cm³/mol. The number of hydrogen-bond acceptors (Lipinski definition) is 6. The molecule has 0 aromatic carbocycles. The molecule has 0 saturated carbocycles. The highest BCUT2D eigenvalue weighted by atomic mass is 16.5. The number of urea groups is 1. The van der Waals surface area contributed by atoms with Crippen molar-refractivity contribution in [2.75, 3.05) is 6.54 Å². The first-order valence-electron chi connectivity index (χ1n) is 5.20. The molecule has 0 aliphatic heterocycles. The van der Waals surface area contributed by atoms with E-state index in [2.05, 4.69) is 30.6 Å². The minimum absolute atomic E-state index is 0.292. The first-order chi connectivity index (χ1) is 8.13. The van der Waals surface area contributed by atoms with E-state index in [1.165, 1.54) is 6.39 Å². The number of carbonyl (C=O) groups excluding carboxylic acids is 2. The molecule has 94 valence electrons. The molecule has 0 spiro atoms. The Labute approximate surface area is 98.1 Å². The number of nitrogens with one attached hydrogen (secondary N) is 3. The van der Waals surface area contributed by atoms with Gasteiger partial charge in [0.2, 0.25) is 12.3 Å². The molecule has 17 heavy (non-hydrogen) atoms. The van der Waals surface area contributed by atoms with E-state index in [-0.39, 0.29) is 0 Å². The first-order valence-corrected chi connectivity index (χ1v) is 5.20. The van der Waals surface area contributed by atoms with E-state index in [4.69, 9.17) is 0 Å². The average molecular weight is 241 g/mol. The van der Waals surface area contributed by atoms with Crippen molar-refractivity contribution >= 4 is 11.9 Å². The van der Waals surface area contributed by atoms with Gasteiger partial charge >= 0.3 is 6.03 Å². The van der Waals surface area contributed by atoms with Crippen LogP contribution in [0.2, 0.25) is 0 Å². The third kappa shape index (κ3) is 4.60. The molecule has 1 unspecified atom stereocenters. The Morgan fingerprint density at radius 1 is 1.53 bits per heavy atom. The quantitative estimate of drug-likeness (QED) is 0.634. The lowest BCUT2D eigenvalue weighted by atomic mass is 10.3. The number of amides is 3. The van der Waals surface area contributed by atoms with E-state index < -0.39 is 18.0 Å². The first kappa shape index (κ1) is 13.1. The zero-order valence-electron chi connectivity index (χ0n) is 9.69. The van der Waals surface area contributed by atoms with Gasteiger partial charge in [0.05, 0.1) is 12.6 Å². The van der Waals surface area contributed by atoms with Crippen LogP contribution in [0.1, 0.15) is 19.7 Å². The Morgan fingerprint density at radius 3 is 2.88 bits per heavy atom. The van der Waals surface area contributed by atoms with Crippen LogP contribution in [0.3, 0.4) is 0 Å². The van der Waals surface area contributed by atoms with Crippen LogP contribution in [-0.2, 0) is 11.3 Å². The Balaban J connectivity index is 2.29. The van der Waals surface area contributed by atoms with Crippen LogP contribution in [0, 0.1) is 0 Å². The molecule has 1 aromatic heterocycles. The van der Waals surface area contributed by atoms with Crippen molar-refractivity contribution in [2.45, 2.75) is 26.4 Å². The maximum absolute atomic E-state index is 11.5. The Hall–Kier alpha value is -1.96. The van der Waals surface area contributed by atoms with Crippen molar-refractivity contribution in [3.63, 3.8) is 0 Å². The lowest BCUT2D eigenvalue weighted by Gasteiger charge is -2.12. The standard InChI is InChI=1S/C9H15N5O3/c1-3-10-9(16)13-8(15)6(2)11-4-7-12-5-17-14-7/h5-6,11H,3-4H2,1-2H3,(H2,10,13,15,16). The summed E-state index contributed by atoms with van der Waals surface area (Å²) in [5.41, 5.74) is 0. The van der Waals surface area contributed by atoms with Crippen LogP contribution in [-0.4, -0.2) is 34.7 Å². The minimum atomic E-state index is -0.531. The molecule has 3 N–H and O–H groups in total. The van der Waals surface area contributed by atoms with Gasteiger partial charge in [-0.1, -0.05) is 5.16 Å². The van der Waals surface area contributed by atoms with Crippen molar-refractivity contribution in [1.29, 1.82) is 0 Å². The van der Waals surface area contributed by atoms with Crippen LogP contribution in [0.25, 0.3) is 0 Å². The molecule has 0 fully saturated rings. The third-order valence-corrected chi connectivity index (χ3v) is 1.94.